The Kier molecular flexibility index (Phi) is 3.44. The molecule has 20 heavy (non-hydrogen) atoms. The van der Waals surface area contributed by atoms with Crippen molar-refractivity contribution in [3.8, 4) is 0 Å². The lowest BCUT2D eigenvalue weighted by Crippen LogP contribution is -2.42. The van der Waals surface area contributed by atoms with Gasteiger partial charge in [0.2, 0.25) is 0 Å². The van der Waals surface area contributed by atoms with Crippen molar-refractivity contribution in [1.29, 1.82) is 0 Å². The standard InChI is InChI=1S/C14H13Cl2N3O/c1-18-14(20)13(16)12(8-17-18)19-7-6-11(19)9-2-4-10(15)5-3-9/h2-5,8,11H,6-7H2,1H3/t11-/m0/s1. The maximum absolute atomic E-state index is 11.8. The summed E-state index contributed by atoms with van der Waals surface area (Å²) in [7, 11) is 1.59. The fourth-order valence-corrected chi connectivity index (χ4v) is 2.82. The van der Waals surface area contributed by atoms with Gasteiger partial charge in [-0.3, -0.25) is 4.79 Å². The molecule has 1 aromatic carbocycles. The first kappa shape index (κ1) is 13.5. The zero-order valence-electron chi connectivity index (χ0n) is 10.9. The molecule has 0 amide bonds. The molecule has 1 saturated heterocycles. The molecule has 0 radical (unpaired) electrons. The fourth-order valence-electron chi connectivity index (χ4n) is 2.41. The summed E-state index contributed by atoms with van der Waals surface area (Å²) in [6.07, 6.45) is 2.67. The van der Waals surface area contributed by atoms with E-state index in [-0.39, 0.29) is 16.6 Å². The summed E-state index contributed by atoms with van der Waals surface area (Å²) in [6, 6.07) is 7.97. The molecule has 4 nitrogen and oxygen atoms in total. The minimum atomic E-state index is -0.272. The summed E-state index contributed by atoms with van der Waals surface area (Å²) in [4.78, 5) is 13.9. The molecule has 0 aliphatic carbocycles. The van der Waals surface area contributed by atoms with E-state index in [1.54, 1.807) is 13.2 Å². The molecule has 1 fully saturated rings. The van der Waals surface area contributed by atoms with Gasteiger partial charge < -0.3 is 4.90 Å². The molecule has 0 spiro atoms. The number of hydrogen-bond acceptors (Lipinski definition) is 3. The fraction of sp³-hybridized carbons (Fsp3) is 0.286. The van der Waals surface area contributed by atoms with Crippen molar-refractivity contribution in [3.05, 3.63) is 56.4 Å². The highest BCUT2D eigenvalue weighted by Crippen LogP contribution is 2.39. The van der Waals surface area contributed by atoms with Crippen molar-refractivity contribution < 1.29 is 0 Å². The lowest BCUT2D eigenvalue weighted by Gasteiger charge is -2.43. The molecule has 3 rings (SSSR count). The highest BCUT2D eigenvalue weighted by Gasteiger charge is 2.31. The Morgan fingerprint density at radius 1 is 1.25 bits per heavy atom. The first-order valence-electron chi connectivity index (χ1n) is 6.32. The van der Waals surface area contributed by atoms with Crippen LogP contribution in [0.1, 0.15) is 18.0 Å². The topological polar surface area (TPSA) is 38.1 Å². The SMILES string of the molecule is Cn1ncc(N2CC[C@H]2c2ccc(Cl)cc2)c(Cl)c1=O. The van der Waals surface area contributed by atoms with Crippen molar-refractivity contribution >= 4 is 28.9 Å². The first-order valence-corrected chi connectivity index (χ1v) is 7.07. The smallest absolute Gasteiger partial charge is 0.287 e. The summed E-state index contributed by atoms with van der Waals surface area (Å²) in [5, 5.41) is 4.98. The van der Waals surface area contributed by atoms with E-state index in [1.165, 1.54) is 4.68 Å². The molecule has 0 unspecified atom stereocenters. The van der Waals surface area contributed by atoms with Gasteiger partial charge in [-0.25, -0.2) is 4.68 Å². The number of nitrogens with zero attached hydrogens (tertiary/aromatic N) is 3. The van der Waals surface area contributed by atoms with Gasteiger partial charge in [0.15, 0.2) is 0 Å². The van der Waals surface area contributed by atoms with Crippen LogP contribution in [0.2, 0.25) is 10.0 Å². The van der Waals surface area contributed by atoms with Crippen molar-refractivity contribution in [2.75, 3.05) is 11.4 Å². The van der Waals surface area contributed by atoms with Gasteiger partial charge in [-0.1, -0.05) is 35.3 Å². The molecule has 0 bridgehead atoms. The quantitative estimate of drug-likeness (QED) is 0.856. The third kappa shape index (κ3) is 2.19. The van der Waals surface area contributed by atoms with E-state index in [1.807, 2.05) is 24.3 Å². The summed E-state index contributed by atoms with van der Waals surface area (Å²) in [6.45, 7) is 0.863. The van der Waals surface area contributed by atoms with Crippen molar-refractivity contribution in [2.24, 2.45) is 7.05 Å². The number of aromatic nitrogens is 2. The van der Waals surface area contributed by atoms with Gasteiger partial charge in [-0.15, -0.1) is 0 Å². The van der Waals surface area contributed by atoms with Gasteiger partial charge in [-0.05, 0) is 24.1 Å². The average molecular weight is 310 g/mol. The highest BCUT2D eigenvalue weighted by atomic mass is 35.5. The largest absolute Gasteiger partial charge is 0.362 e. The van der Waals surface area contributed by atoms with E-state index in [0.717, 1.165) is 18.5 Å². The second-order valence-electron chi connectivity index (χ2n) is 4.82. The van der Waals surface area contributed by atoms with Gasteiger partial charge >= 0.3 is 0 Å². The van der Waals surface area contributed by atoms with Crippen LogP contribution in [0.4, 0.5) is 5.69 Å². The number of aryl methyl sites for hydroxylation is 1. The van der Waals surface area contributed by atoms with E-state index >= 15 is 0 Å². The van der Waals surface area contributed by atoms with Crippen LogP contribution in [-0.4, -0.2) is 16.3 Å². The number of benzene rings is 1. The lowest BCUT2D eigenvalue weighted by molar-refractivity contribution is 0.463. The van der Waals surface area contributed by atoms with Crippen molar-refractivity contribution in [2.45, 2.75) is 12.5 Å². The monoisotopic (exact) mass is 309 g/mol. The number of anilines is 1. The normalized spacial score (nSPS) is 17.9. The molecule has 104 valence electrons. The Hall–Kier alpha value is -1.52. The molecule has 6 heteroatoms. The van der Waals surface area contributed by atoms with Crippen molar-refractivity contribution in [3.63, 3.8) is 0 Å². The Labute approximate surface area is 126 Å². The summed E-state index contributed by atoms with van der Waals surface area (Å²) >= 11 is 12.1. The number of halogens is 2. The maximum atomic E-state index is 11.8. The van der Waals surface area contributed by atoms with Crippen LogP contribution in [0.15, 0.2) is 35.3 Å². The summed E-state index contributed by atoms with van der Waals surface area (Å²) in [5.74, 6) is 0. The zero-order chi connectivity index (χ0) is 14.3. The van der Waals surface area contributed by atoms with Crippen LogP contribution < -0.4 is 10.5 Å². The average Bonchev–Trinajstić information content (AvgIpc) is 2.40. The van der Waals surface area contributed by atoms with E-state index in [4.69, 9.17) is 23.2 Å². The third-order valence-electron chi connectivity index (χ3n) is 3.64. The van der Waals surface area contributed by atoms with E-state index in [9.17, 15) is 4.79 Å². The Morgan fingerprint density at radius 3 is 2.55 bits per heavy atom. The first-order chi connectivity index (χ1) is 9.58. The van der Waals surface area contributed by atoms with Gasteiger partial charge in [0.1, 0.15) is 5.02 Å². The Morgan fingerprint density at radius 2 is 1.95 bits per heavy atom. The van der Waals surface area contributed by atoms with E-state index in [0.29, 0.717) is 10.7 Å². The second kappa shape index (κ2) is 5.11. The molecule has 2 aromatic rings. The summed E-state index contributed by atoms with van der Waals surface area (Å²) in [5.41, 5.74) is 1.59. The van der Waals surface area contributed by atoms with Crippen LogP contribution in [-0.2, 0) is 7.05 Å². The molecular formula is C14H13Cl2N3O. The van der Waals surface area contributed by atoms with Crippen LogP contribution >= 0.6 is 23.2 Å². The highest BCUT2D eigenvalue weighted by molar-refractivity contribution is 6.33. The zero-order valence-corrected chi connectivity index (χ0v) is 12.4. The van der Waals surface area contributed by atoms with Gasteiger partial charge in [0, 0.05) is 18.6 Å². The molecule has 1 atom stereocenters. The predicted octanol–water partition coefficient (Wildman–Crippen LogP) is 3.04. The van der Waals surface area contributed by atoms with Crippen LogP contribution in [0.25, 0.3) is 0 Å². The van der Waals surface area contributed by atoms with Crippen LogP contribution in [0.3, 0.4) is 0 Å². The number of hydrogen-bond donors (Lipinski definition) is 0. The number of rotatable bonds is 2. The van der Waals surface area contributed by atoms with Gasteiger partial charge in [0.05, 0.1) is 17.9 Å². The van der Waals surface area contributed by atoms with Crippen LogP contribution in [0.5, 0.6) is 0 Å². The van der Waals surface area contributed by atoms with Crippen LogP contribution in [0, 0.1) is 0 Å². The predicted molar refractivity (Wildman–Crippen MR) is 80.6 cm³/mol. The minimum Gasteiger partial charge on any atom is -0.362 e. The molecule has 0 N–H and O–H groups in total. The van der Waals surface area contributed by atoms with Gasteiger partial charge in [-0.2, -0.15) is 5.10 Å². The van der Waals surface area contributed by atoms with Crippen molar-refractivity contribution in [1.82, 2.24) is 9.78 Å². The van der Waals surface area contributed by atoms with E-state index in [2.05, 4.69) is 10.00 Å². The lowest BCUT2D eigenvalue weighted by atomic mass is 9.94. The van der Waals surface area contributed by atoms with Gasteiger partial charge in [0.25, 0.3) is 5.56 Å². The maximum Gasteiger partial charge on any atom is 0.287 e. The minimum absolute atomic E-state index is 0.221. The second-order valence-corrected chi connectivity index (χ2v) is 5.64. The molecule has 1 aliphatic heterocycles. The Bertz CT molecular complexity index is 697. The molecular weight excluding hydrogens is 297 g/mol. The van der Waals surface area contributed by atoms with E-state index < -0.39 is 0 Å². The molecule has 2 heterocycles. The summed E-state index contributed by atoms with van der Waals surface area (Å²) < 4.78 is 1.24. The molecule has 1 aliphatic rings. The molecule has 1 aromatic heterocycles. The molecule has 0 saturated carbocycles. The Balaban J connectivity index is 1.94. The third-order valence-corrected chi connectivity index (χ3v) is 4.25.